The van der Waals surface area contributed by atoms with Crippen LogP contribution in [-0.2, 0) is 0 Å². The molecule has 3 aromatic rings. The van der Waals surface area contributed by atoms with Gasteiger partial charge >= 0.3 is 12.0 Å². The molecule has 1 aromatic heterocycles. The Morgan fingerprint density at radius 1 is 0.944 bits per heavy atom. The summed E-state index contributed by atoms with van der Waals surface area (Å²) in [5.74, 6) is -0.598. The second-order valence-electron chi connectivity index (χ2n) is 11.1. The molecule has 1 aliphatic carbocycles. The van der Waals surface area contributed by atoms with E-state index in [1.807, 2.05) is 28.8 Å². The quantitative estimate of drug-likeness (QED) is 0.480. The van der Waals surface area contributed by atoms with Crippen molar-refractivity contribution in [2.24, 2.45) is 0 Å². The maximum atomic E-state index is 14.6. The van der Waals surface area contributed by atoms with Crippen LogP contribution in [0.1, 0.15) is 73.2 Å². The lowest BCUT2D eigenvalue weighted by Gasteiger charge is -2.35. The summed E-state index contributed by atoms with van der Waals surface area (Å²) in [6.07, 6.45) is 8.86. The van der Waals surface area contributed by atoms with Gasteiger partial charge < -0.3 is 14.9 Å². The predicted octanol–water partition coefficient (Wildman–Crippen LogP) is 6.19. The van der Waals surface area contributed by atoms with Gasteiger partial charge in [0.25, 0.3) is 0 Å². The van der Waals surface area contributed by atoms with Gasteiger partial charge in [0.1, 0.15) is 0 Å². The molecule has 3 heterocycles. The van der Waals surface area contributed by atoms with E-state index in [1.165, 1.54) is 24.8 Å². The molecule has 188 valence electrons. The van der Waals surface area contributed by atoms with Crippen molar-refractivity contribution in [1.29, 1.82) is 0 Å². The molecular weight excluding hydrogens is 450 g/mol. The van der Waals surface area contributed by atoms with E-state index in [9.17, 15) is 14.7 Å². The van der Waals surface area contributed by atoms with Gasteiger partial charge in [-0.1, -0.05) is 55.7 Å². The fraction of sp³-hybridized carbons (Fsp3) is 0.467. The van der Waals surface area contributed by atoms with Crippen molar-refractivity contribution in [3.63, 3.8) is 0 Å². The number of carbonyl (C=O) groups excluding carboxylic acids is 1. The van der Waals surface area contributed by atoms with Crippen molar-refractivity contribution >= 4 is 22.9 Å². The van der Waals surface area contributed by atoms with Crippen LogP contribution in [0.5, 0.6) is 0 Å². The number of rotatable bonds is 3. The van der Waals surface area contributed by atoms with E-state index in [0.29, 0.717) is 5.92 Å². The van der Waals surface area contributed by atoms with Crippen LogP contribution in [0.3, 0.4) is 0 Å². The van der Waals surface area contributed by atoms with Crippen molar-refractivity contribution in [3.8, 4) is 11.3 Å². The molecule has 6 heteroatoms. The number of likely N-dealkylation sites (N-methyl/N-ethyl adjacent to an activating group) is 1. The third-order valence-electron chi connectivity index (χ3n) is 8.86. The van der Waals surface area contributed by atoms with Crippen molar-refractivity contribution in [3.05, 3.63) is 59.7 Å². The second kappa shape index (κ2) is 9.07. The number of carboxylic acid groups (broad SMARTS) is 1. The molecule has 1 saturated carbocycles. The number of benzene rings is 2. The number of aromatic carboxylic acids is 1. The minimum Gasteiger partial charge on any atom is -0.478 e. The lowest BCUT2D eigenvalue weighted by Crippen LogP contribution is -2.50. The van der Waals surface area contributed by atoms with Crippen LogP contribution in [0.2, 0.25) is 0 Å². The Hall–Kier alpha value is -3.12. The smallest absolute Gasteiger partial charge is 0.335 e. The molecule has 0 bridgehead atoms. The number of aromatic nitrogens is 1. The van der Waals surface area contributed by atoms with E-state index in [4.69, 9.17) is 0 Å². The van der Waals surface area contributed by atoms with E-state index in [0.717, 1.165) is 73.9 Å². The first-order chi connectivity index (χ1) is 17.5. The summed E-state index contributed by atoms with van der Waals surface area (Å²) in [7, 11) is 2.14. The molecule has 2 aromatic carbocycles. The highest BCUT2D eigenvalue weighted by molar-refractivity contribution is 6.04. The van der Waals surface area contributed by atoms with Crippen LogP contribution in [0.4, 0.5) is 4.79 Å². The minimum atomic E-state index is -0.965. The topological polar surface area (TPSA) is 65.8 Å². The first-order valence-corrected chi connectivity index (χ1v) is 13.5. The normalized spacial score (nSPS) is 23.2. The van der Waals surface area contributed by atoms with Crippen molar-refractivity contribution in [2.45, 2.75) is 62.8 Å². The van der Waals surface area contributed by atoms with Gasteiger partial charge in [-0.25, -0.2) is 9.59 Å². The van der Waals surface area contributed by atoms with Crippen molar-refractivity contribution in [2.75, 3.05) is 26.7 Å². The molecule has 0 radical (unpaired) electrons. The van der Waals surface area contributed by atoms with E-state index in [2.05, 4.69) is 29.0 Å². The van der Waals surface area contributed by atoms with Gasteiger partial charge in [-0.15, -0.1) is 0 Å². The summed E-state index contributed by atoms with van der Waals surface area (Å²) < 4.78 is 1.88. The highest BCUT2D eigenvalue weighted by Gasteiger charge is 2.48. The monoisotopic (exact) mass is 485 g/mol. The Kier molecular flexibility index (Phi) is 5.87. The summed E-state index contributed by atoms with van der Waals surface area (Å²) in [5.41, 5.74) is 4.02. The SMILES string of the molecule is CN1CCC2(CCCN2C(=O)n2c(-c3ccccc3)c(C3CCCCC3)c3ccc(C(=O)O)cc32)C1. The molecule has 3 fully saturated rings. The zero-order valence-corrected chi connectivity index (χ0v) is 21.1. The van der Waals surface area contributed by atoms with Crippen LogP contribution in [0.25, 0.3) is 22.2 Å². The maximum absolute atomic E-state index is 14.6. The number of amides is 1. The first kappa shape index (κ1) is 23.3. The van der Waals surface area contributed by atoms with E-state index < -0.39 is 5.97 Å². The highest BCUT2D eigenvalue weighted by Crippen LogP contribution is 2.46. The van der Waals surface area contributed by atoms with Gasteiger partial charge in [-0.2, -0.15) is 0 Å². The Bertz CT molecular complexity index is 1310. The summed E-state index contributed by atoms with van der Waals surface area (Å²) in [6.45, 7) is 2.64. The third-order valence-corrected chi connectivity index (χ3v) is 8.86. The molecule has 2 aliphatic heterocycles. The Balaban J connectivity index is 1.61. The molecule has 1 spiro atoms. The van der Waals surface area contributed by atoms with Crippen LogP contribution >= 0.6 is 0 Å². The predicted molar refractivity (Wildman–Crippen MR) is 142 cm³/mol. The molecule has 1 atom stereocenters. The number of hydrogen-bond donors (Lipinski definition) is 1. The van der Waals surface area contributed by atoms with Gasteiger partial charge in [0.2, 0.25) is 0 Å². The number of hydrogen-bond acceptors (Lipinski definition) is 3. The lowest BCUT2D eigenvalue weighted by atomic mass is 9.82. The average molecular weight is 486 g/mol. The zero-order valence-electron chi connectivity index (χ0n) is 21.1. The average Bonchev–Trinajstić information content (AvgIpc) is 3.59. The van der Waals surface area contributed by atoms with Crippen molar-refractivity contribution < 1.29 is 14.7 Å². The fourth-order valence-electron chi connectivity index (χ4n) is 7.17. The van der Waals surface area contributed by atoms with E-state index >= 15 is 0 Å². The zero-order chi connectivity index (χ0) is 24.9. The summed E-state index contributed by atoms with van der Waals surface area (Å²) in [5, 5.41) is 10.8. The lowest BCUT2D eigenvalue weighted by molar-refractivity contribution is 0.0697. The largest absolute Gasteiger partial charge is 0.478 e. The Morgan fingerprint density at radius 2 is 1.72 bits per heavy atom. The second-order valence-corrected chi connectivity index (χ2v) is 11.1. The molecule has 1 N–H and O–H groups in total. The molecule has 1 amide bonds. The molecular formula is C30H35N3O3. The number of fused-ring (bicyclic) bond motifs is 1. The molecule has 36 heavy (non-hydrogen) atoms. The molecule has 3 aliphatic rings. The summed E-state index contributed by atoms with van der Waals surface area (Å²) in [4.78, 5) is 31.0. The number of nitrogens with zero attached hydrogens (tertiary/aromatic N) is 3. The van der Waals surface area contributed by atoms with Gasteiger partial charge in [0, 0.05) is 25.0 Å². The standard InChI is InChI=1S/C30H35N3O3/c1-31-18-16-30(20-31)15-8-17-32(30)29(36)33-25-19-23(28(34)35)13-14-24(25)26(21-9-4-2-5-10-21)27(33)22-11-6-3-7-12-22/h3,6-7,11-14,19,21H,2,4-5,8-10,15-18,20H2,1H3,(H,34,35). The fourth-order valence-corrected chi connectivity index (χ4v) is 7.17. The van der Waals surface area contributed by atoms with Crippen LogP contribution in [0, 0.1) is 0 Å². The third kappa shape index (κ3) is 3.74. The van der Waals surface area contributed by atoms with E-state index in [1.54, 1.807) is 12.1 Å². The summed E-state index contributed by atoms with van der Waals surface area (Å²) >= 11 is 0. The molecule has 6 nitrogen and oxygen atoms in total. The van der Waals surface area contributed by atoms with Gasteiger partial charge in [-0.3, -0.25) is 4.57 Å². The van der Waals surface area contributed by atoms with Gasteiger partial charge in [-0.05, 0) is 68.3 Å². The Morgan fingerprint density at radius 3 is 2.42 bits per heavy atom. The number of carboxylic acids is 1. The Labute approximate surface area is 212 Å². The maximum Gasteiger partial charge on any atom is 0.335 e. The van der Waals surface area contributed by atoms with Crippen molar-refractivity contribution in [1.82, 2.24) is 14.4 Å². The van der Waals surface area contributed by atoms with Crippen LogP contribution in [-0.4, -0.2) is 63.7 Å². The number of likely N-dealkylation sites (tertiary alicyclic amines) is 2. The number of carbonyl (C=O) groups is 2. The summed E-state index contributed by atoms with van der Waals surface area (Å²) in [6, 6.07) is 15.6. The van der Waals surface area contributed by atoms with Crippen LogP contribution in [0.15, 0.2) is 48.5 Å². The first-order valence-electron chi connectivity index (χ1n) is 13.5. The van der Waals surface area contributed by atoms with E-state index in [-0.39, 0.29) is 17.1 Å². The minimum absolute atomic E-state index is 0.00347. The highest BCUT2D eigenvalue weighted by atomic mass is 16.4. The molecule has 2 saturated heterocycles. The van der Waals surface area contributed by atoms with Gasteiger partial charge in [0.15, 0.2) is 0 Å². The van der Waals surface area contributed by atoms with Gasteiger partial charge in [0.05, 0.1) is 22.3 Å². The van der Waals surface area contributed by atoms with Crippen LogP contribution < -0.4 is 0 Å². The molecule has 6 rings (SSSR count). The molecule has 1 unspecified atom stereocenters.